The van der Waals surface area contributed by atoms with Crippen molar-refractivity contribution in [1.82, 2.24) is 5.32 Å². The van der Waals surface area contributed by atoms with E-state index in [-0.39, 0.29) is 17.7 Å². The summed E-state index contributed by atoms with van der Waals surface area (Å²) < 4.78 is 0. The second-order valence-corrected chi connectivity index (χ2v) is 6.65. The van der Waals surface area contributed by atoms with Crippen LogP contribution in [0.15, 0.2) is 30.3 Å². The van der Waals surface area contributed by atoms with E-state index >= 15 is 0 Å². The molecule has 2 rings (SSSR count). The first-order chi connectivity index (χ1) is 11.0. The van der Waals surface area contributed by atoms with Crippen LogP contribution in [-0.2, 0) is 16.0 Å². The third kappa shape index (κ3) is 5.36. The van der Waals surface area contributed by atoms with Crippen LogP contribution in [0.1, 0.15) is 44.1 Å². The molecule has 126 valence electrons. The van der Waals surface area contributed by atoms with Crippen LogP contribution in [0.2, 0.25) is 0 Å². The van der Waals surface area contributed by atoms with Crippen molar-refractivity contribution < 1.29 is 14.7 Å². The van der Waals surface area contributed by atoms with Gasteiger partial charge in [-0.1, -0.05) is 49.6 Å². The van der Waals surface area contributed by atoms with Crippen LogP contribution in [0.25, 0.3) is 0 Å². The van der Waals surface area contributed by atoms with E-state index < -0.39 is 12.0 Å². The number of nitrogens with one attached hydrogen (secondary N) is 1. The largest absolute Gasteiger partial charge is 0.481 e. The number of carbonyl (C=O) groups excluding carboxylic acids is 1. The molecule has 0 bridgehead atoms. The summed E-state index contributed by atoms with van der Waals surface area (Å²) in [4.78, 5) is 23.4. The molecule has 1 aromatic rings. The van der Waals surface area contributed by atoms with E-state index in [0.29, 0.717) is 13.0 Å². The molecule has 0 radical (unpaired) electrons. The molecule has 1 atom stereocenters. The average Bonchev–Trinajstić information content (AvgIpc) is 2.54. The number of carboxylic acids is 1. The summed E-state index contributed by atoms with van der Waals surface area (Å²) in [6.07, 6.45) is 5.50. The van der Waals surface area contributed by atoms with Crippen LogP contribution in [-0.4, -0.2) is 29.6 Å². The quantitative estimate of drug-likeness (QED) is 0.718. The summed E-state index contributed by atoms with van der Waals surface area (Å²) in [5.41, 5.74) is 6.69. The van der Waals surface area contributed by atoms with E-state index in [4.69, 9.17) is 10.8 Å². The highest BCUT2D eigenvalue weighted by molar-refractivity contribution is 5.82. The maximum absolute atomic E-state index is 12.2. The van der Waals surface area contributed by atoms with Crippen LogP contribution >= 0.6 is 0 Å². The number of nitrogens with two attached hydrogens (primary N) is 1. The molecule has 0 saturated heterocycles. The standard InChI is InChI=1S/C18H26N2O3/c19-15(11-14-7-3-1-4-8-14)17(23)20-13-18(12-16(21)22)9-5-2-6-10-18/h1,3-4,7-8,15H,2,5-6,9-13,19H2,(H,20,23)(H,21,22). The van der Waals surface area contributed by atoms with Crippen LogP contribution in [0.5, 0.6) is 0 Å². The minimum absolute atomic E-state index is 0.112. The SMILES string of the molecule is NC(Cc1ccccc1)C(=O)NCC1(CC(=O)O)CCCCC1. The number of rotatable bonds is 7. The van der Waals surface area contributed by atoms with Crippen molar-refractivity contribution in [2.75, 3.05) is 6.54 Å². The van der Waals surface area contributed by atoms with Crippen molar-refractivity contribution in [3.05, 3.63) is 35.9 Å². The van der Waals surface area contributed by atoms with Crippen LogP contribution in [0.4, 0.5) is 0 Å². The van der Waals surface area contributed by atoms with Gasteiger partial charge in [0.15, 0.2) is 0 Å². The zero-order valence-electron chi connectivity index (χ0n) is 13.5. The lowest BCUT2D eigenvalue weighted by Crippen LogP contribution is -2.47. The molecule has 5 heteroatoms. The minimum atomic E-state index is -0.797. The highest BCUT2D eigenvalue weighted by Crippen LogP contribution is 2.38. The summed E-state index contributed by atoms with van der Waals surface area (Å²) in [6, 6.07) is 9.05. The van der Waals surface area contributed by atoms with Gasteiger partial charge >= 0.3 is 5.97 Å². The zero-order chi connectivity index (χ0) is 16.7. The summed E-state index contributed by atoms with van der Waals surface area (Å²) in [7, 11) is 0. The second kappa shape index (κ2) is 8.11. The molecule has 0 aromatic heterocycles. The lowest BCUT2D eigenvalue weighted by Gasteiger charge is -2.36. The Morgan fingerprint density at radius 3 is 2.43 bits per heavy atom. The van der Waals surface area contributed by atoms with Crippen molar-refractivity contribution in [3.8, 4) is 0 Å². The van der Waals surface area contributed by atoms with Gasteiger partial charge in [-0.15, -0.1) is 0 Å². The van der Waals surface area contributed by atoms with E-state index in [1.165, 1.54) is 0 Å². The molecule has 1 amide bonds. The molecule has 0 aliphatic heterocycles. The monoisotopic (exact) mass is 318 g/mol. The topological polar surface area (TPSA) is 92.4 Å². The number of carboxylic acid groups (broad SMARTS) is 1. The summed E-state index contributed by atoms with van der Waals surface area (Å²) in [6.45, 7) is 0.403. The predicted molar refractivity (Wildman–Crippen MR) is 88.9 cm³/mol. The van der Waals surface area contributed by atoms with Crippen LogP contribution in [0, 0.1) is 5.41 Å². The van der Waals surface area contributed by atoms with Crippen LogP contribution < -0.4 is 11.1 Å². The van der Waals surface area contributed by atoms with E-state index in [2.05, 4.69) is 5.32 Å². The van der Waals surface area contributed by atoms with Gasteiger partial charge < -0.3 is 16.2 Å². The van der Waals surface area contributed by atoms with Gasteiger partial charge in [0.1, 0.15) is 0 Å². The van der Waals surface area contributed by atoms with Gasteiger partial charge in [0, 0.05) is 6.54 Å². The number of hydrogen-bond donors (Lipinski definition) is 3. The van der Waals surface area contributed by atoms with Gasteiger partial charge in [-0.3, -0.25) is 9.59 Å². The molecule has 1 aliphatic carbocycles. The molecular formula is C18H26N2O3. The van der Waals surface area contributed by atoms with Gasteiger partial charge in [0.25, 0.3) is 0 Å². The van der Waals surface area contributed by atoms with Crippen molar-refractivity contribution >= 4 is 11.9 Å². The summed E-state index contributed by atoms with van der Waals surface area (Å²) in [5.74, 6) is -1.00. The molecule has 23 heavy (non-hydrogen) atoms. The molecule has 1 aliphatic rings. The molecule has 1 unspecified atom stereocenters. The second-order valence-electron chi connectivity index (χ2n) is 6.65. The summed E-state index contributed by atoms with van der Waals surface area (Å²) >= 11 is 0. The van der Waals surface area contributed by atoms with Gasteiger partial charge in [-0.2, -0.15) is 0 Å². The van der Waals surface area contributed by atoms with Crippen LogP contribution in [0.3, 0.4) is 0 Å². The Hall–Kier alpha value is -1.88. The molecule has 0 heterocycles. The number of carbonyl (C=O) groups is 2. The first kappa shape index (κ1) is 17.5. The van der Waals surface area contributed by atoms with E-state index in [1.807, 2.05) is 30.3 Å². The smallest absolute Gasteiger partial charge is 0.303 e. The maximum Gasteiger partial charge on any atom is 0.303 e. The Morgan fingerprint density at radius 1 is 1.17 bits per heavy atom. The highest BCUT2D eigenvalue weighted by atomic mass is 16.4. The molecule has 4 N–H and O–H groups in total. The fourth-order valence-electron chi connectivity index (χ4n) is 3.41. The fourth-order valence-corrected chi connectivity index (χ4v) is 3.41. The number of amides is 1. The summed E-state index contributed by atoms with van der Waals surface area (Å²) in [5, 5.41) is 12.1. The van der Waals surface area contributed by atoms with Crippen molar-refractivity contribution in [2.24, 2.45) is 11.1 Å². The zero-order valence-corrected chi connectivity index (χ0v) is 13.5. The minimum Gasteiger partial charge on any atom is -0.481 e. The van der Waals surface area contributed by atoms with Crippen molar-refractivity contribution in [2.45, 2.75) is 51.0 Å². The van der Waals surface area contributed by atoms with Gasteiger partial charge in [-0.05, 0) is 30.2 Å². The van der Waals surface area contributed by atoms with E-state index in [0.717, 1.165) is 37.7 Å². The van der Waals surface area contributed by atoms with E-state index in [9.17, 15) is 9.59 Å². The maximum atomic E-state index is 12.2. The lowest BCUT2D eigenvalue weighted by molar-refractivity contribution is -0.140. The van der Waals surface area contributed by atoms with Gasteiger partial charge in [0.2, 0.25) is 5.91 Å². The number of benzene rings is 1. The fraction of sp³-hybridized carbons (Fsp3) is 0.556. The van der Waals surface area contributed by atoms with E-state index in [1.54, 1.807) is 0 Å². The highest BCUT2D eigenvalue weighted by Gasteiger charge is 2.35. The molecule has 1 fully saturated rings. The Kier molecular flexibility index (Phi) is 6.16. The average molecular weight is 318 g/mol. The molecule has 5 nitrogen and oxygen atoms in total. The van der Waals surface area contributed by atoms with Crippen molar-refractivity contribution in [1.29, 1.82) is 0 Å². The molecule has 1 aromatic carbocycles. The van der Waals surface area contributed by atoms with Gasteiger partial charge in [0.05, 0.1) is 12.5 Å². The molecule has 1 saturated carbocycles. The van der Waals surface area contributed by atoms with Gasteiger partial charge in [-0.25, -0.2) is 0 Å². The third-order valence-corrected chi connectivity index (χ3v) is 4.71. The Bertz CT molecular complexity index is 524. The molecular weight excluding hydrogens is 292 g/mol. The predicted octanol–water partition coefficient (Wildman–Crippen LogP) is 2.10. The lowest BCUT2D eigenvalue weighted by atomic mass is 9.71. The first-order valence-electron chi connectivity index (χ1n) is 8.30. The molecule has 0 spiro atoms. The Balaban J connectivity index is 1.89. The number of hydrogen-bond acceptors (Lipinski definition) is 3. The Labute approximate surface area is 137 Å². The third-order valence-electron chi connectivity index (χ3n) is 4.71. The normalized spacial score (nSPS) is 18.1. The first-order valence-corrected chi connectivity index (χ1v) is 8.30. The van der Waals surface area contributed by atoms with Crippen molar-refractivity contribution in [3.63, 3.8) is 0 Å². The Morgan fingerprint density at radius 2 is 1.83 bits per heavy atom. The number of aliphatic carboxylic acids is 1.